The van der Waals surface area contributed by atoms with Gasteiger partial charge in [-0.2, -0.15) is 4.52 Å². The van der Waals surface area contributed by atoms with Gasteiger partial charge in [-0.3, -0.25) is 4.79 Å². The molecule has 30 heavy (non-hydrogen) atoms. The molecule has 0 radical (unpaired) electrons. The van der Waals surface area contributed by atoms with Crippen LogP contribution < -0.4 is 4.90 Å². The third-order valence-electron chi connectivity index (χ3n) is 5.61. The Hall–Kier alpha value is -3.42. The number of fused-ring (bicyclic) bond motifs is 3. The molecule has 3 heterocycles. The van der Waals surface area contributed by atoms with Gasteiger partial charge < -0.3 is 4.90 Å². The van der Waals surface area contributed by atoms with E-state index in [4.69, 9.17) is 4.98 Å². The molecule has 0 spiro atoms. The van der Waals surface area contributed by atoms with Gasteiger partial charge in [0.25, 0.3) is 0 Å². The maximum atomic E-state index is 14.0. The minimum atomic E-state index is -0.681. The number of aryl methyl sites for hydroxylation is 1. The van der Waals surface area contributed by atoms with Crippen molar-refractivity contribution < 1.29 is 13.6 Å². The van der Waals surface area contributed by atoms with E-state index in [1.807, 2.05) is 31.2 Å². The first-order valence-electron chi connectivity index (χ1n) is 9.87. The molecule has 2 aromatic carbocycles. The van der Waals surface area contributed by atoms with Crippen LogP contribution in [0.5, 0.6) is 0 Å². The lowest BCUT2D eigenvalue weighted by atomic mass is 9.88. The number of nitrogens with zero attached hydrogens (tertiary/aromatic N) is 5. The highest BCUT2D eigenvalue weighted by Crippen LogP contribution is 2.28. The van der Waals surface area contributed by atoms with E-state index in [0.29, 0.717) is 37.7 Å². The van der Waals surface area contributed by atoms with Crippen molar-refractivity contribution in [1.82, 2.24) is 19.6 Å². The lowest BCUT2D eigenvalue weighted by Gasteiger charge is -2.32. The first-order chi connectivity index (χ1) is 14.5. The standard InChI is InChI=1S/C22H19F2N5O/c1-13-25-21-16-4-2-3-5-19(16)26-22(29(21)27-13)28-10-8-14(9-11-28)20(30)17-12-15(23)6-7-18(17)24/h2-7,12,14H,8-11H2,1H3. The van der Waals surface area contributed by atoms with Crippen molar-refractivity contribution in [2.45, 2.75) is 19.8 Å². The number of carbonyl (C=O) groups excluding carboxylic acids is 1. The number of Topliss-reactive ketones (excluding diaryl/α,β-unsaturated/α-hetero) is 1. The quantitative estimate of drug-likeness (QED) is 0.481. The maximum absolute atomic E-state index is 14.0. The smallest absolute Gasteiger partial charge is 0.229 e. The van der Waals surface area contributed by atoms with E-state index in [-0.39, 0.29) is 17.3 Å². The summed E-state index contributed by atoms with van der Waals surface area (Å²) in [6.45, 7) is 2.96. The molecule has 0 amide bonds. The number of aromatic nitrogens is 4. The first kappa shape index (κ1) is 18.6. The molecule has 1 aliphatic rings. The molecule has 4 aromatic rings. The lowest BCUT2D eigenvalue weighted by Crippen LogP contribution is -2.38. The van der Waals surface area contributed by atoms with Crippen LogP contribution in [0.3, 0.4) is 0 Å². The van der Waals surface area contributed by atoms with Crippen LogP contribution in [0.15, 0.2) is 42.5 Å². The summed E-state index contributed by atoms with van der Waals surface area (Å²) < 4.78 is 29.2. The Morgan fingerprint density at radius 3 is 2.63 bits per heavy atom. The van der Waals surface area contributed by atoms with E-state index in [2.05, 4.69) is 15.0 Å². The molecule has 1 fully saturated rings. The molecule has 0 aliphatic carbocycles. The minimum absolute atomic E-state index is 0.174. The topological polar surface area (TPSA) is 63.4 Å². The zero-order valence-electron chi connectivity index (χ0n) is 16.3. The van der Waals surface area contributed by atoms with Crippen LogP contribution in [0.2, 0.25) is 0 Å². The highest BCUT2D eigenvalue weighted by atomic mass is 19.1. The average molecular weight is 407 g/mol. The lowest BCUT2D eigenvalue weighted by molar-refractivity contribution is 0.0895. The van der Waals surface area contributed by atoms with Crippen LogP contribution in [-0.4, -0.2) is 38.5 Å². The number of benzene rings is 2. The number of anilines is 1. The van der Waals surface area contributed by atoms with Gasteiger partial charge in [-0.05, 0) is 50.1 Å². The first-order valence-corrected chi connectivity index (χ1v) is 9.87. The van der Waals surface area contributed by atoms with Crippen LogP contribution in [0, 0.1) is 24.5 Å². The predicted molar refractivity (Wildman–Crippen MR) is 109 cm³/mol. The number of halogens is 2. The molecule has 8 heteroatoms. The van der Waals surface area contributed by atoms with Crippen molar-refractivity contribution in [2.75, 3.05) is 18.0 Å². The van der Waals surface area contributed by atoms with Gasteiger partial charge in [0.05, 0.1) is 11.1 Å². The van der Waals surface area contributed by atoms with E-state index < -0.39 is 11.6 Å². The second kappa shape index (κ2) is 7.12. The van der Waals surface area contributed by atoms with Crippen LogP contribution in [0.1, 0.15) is 29.0 Å². The summed E-state index contributed by atoms with van der Waals surface area (Å²) in [6, 6.07) is 10.8. The molecule has 2 aromatic heterocycles. The van der Waals surface area contributed by atoms with E-state index >= 15 is 0 Å². The second-order valence-corrected chi connectivity index (χ2v) is 7.57. The fourth-order valence-electron chi connectivity index (χ4n) is 4.10. The van der Waals surface area contributed by atoms with Crippen molar-refractivity contribution in [2.24, 2.45) is 5.92 Å². The molecule has 0 saturated carbocycles. The van der Waals surface area contributed by atoms with Gasteiger partial charge in [-0.15, -0.1) is 5.10 Å². The molecule has 1 saturated heterocycles. The molecular formula is C22H19F2N5O. The number of hydrogen-bond acceptors (Lipinski definition) is 5. The molecule has 6 nitrogen and oxygen atoms in total. The molecule has 0 bridgehead atoms. The van der Waals surface area contributed by atoms with E-state index in [1.54, 1.807) is 4.52 Å². The summed E-state index contributed by atoms with van der Waals surface area (Å²) in [5.41, 5.74) is 1.40. The van der Waals surface area contributed by atoms with Crippen LogP contribution in [0.25, 0.3) is 16.6 Å². The largest absolute Gasteiger partial charge is 0.341 e. The summed E-state index contributed by atoms with van der Waals surface area (Å²) in [7, 11) is 0. The number of carbonyl (C=O) groups is 1. The SMILES string of the molecule is Cc1nc2c3ccccc3nc(N3CCC(C(=O)c4cc(F)ccc4F)CC3)n2n1. The summed E-state index contributed by atoms with van der Waals surface area (Å²) in [4.78, 5) is 24.1. The minimum Gasteiger partial charge on any atom is -0.341 e. The van der Waals surface area contributed by atoms with Gasteiger partial charge in [-0.25, -0.2) is 18.7 Å². The average Bonchev–Trinajstić information content (AvgIpc) is 3.16. The third-order valence-corrected chi connectivity index (χ3v) is 5.61. The second-order valence-electron chi connectivity index (χ2n) is 7.57. The Bertz CT molecular complexity index is 1280. The molecule has 1 aliphatic heterocycles. The fourth-order valence-corrected chi connectivity index (χ4v) is 4.10. The zero-order chi connectivity index (χ0) is 20.8. The van der Waals surface area contributed by atoms with E-state index in [0.717, 1.165) is 34.7 Å². The summed E-state index contributed by atoms with van der Waals surface area (Å²) in [6.07, 6.45) is 1.05. The Morgan fingerprint density at radius 2 is 1.83 bits per heavy atom. The Morgan fingerprint density at radius 1 is 1.07 bits per heavy atom. The molecule has 0 N–H and O–H groups in total. The molecule has 5 rings (SSSR count). The molecule has 0 atom stereocenters. The molecular weight excluding hydrogens is 388 g/mol. The van der Waals surface area contributed by atoms with Gasteiger partial charge in [0.15, 0.2) is 11.4 Å². The van der Waals surface area contributed by atoms with Crippen molar-refractivity contribution >= 4 is 28.3 Å². The monoisotopic (exact) mass is 407 g/mol. The Labute approximate surface area is 171 Å². The highest BCUT2D eigenvalue weighted by molar-refractivity contribution is 5.98. The summed E-state index contributed by atoms with van der Waals surface area (Å²) in [5.74, 6) is -0.666. The van der Waals surface area contributed by atoms with Crippen molar-refractivity contribution in [3.05, 3.63) is 65.5 Å². The van der Waals surface area contributed by atoms with Crippen LogP contribution >= 0.6 is 0 Å². The van der Waals surface area contributed by atoms with Crippen LogP contribution in [0.4, 0.5) is 14.7 Å². The number of para-hydroxylation sites is 1. The highest BCUT2D eigenvalue weighted by Gasteiger charge is 2.29. The molecule has 0 unspecified atom stereocenters. The van der Waals surface area contributed by atoms with Gasteiger partial charge in [0.1, 0.15) is 17.5 Å². The number of piperidine rings is 1. The normalized spacial score (nSPS) is 15.2. The summed E-state index contributed by atoms with van der Waals surface area (Å²) >= 11 is 0. The van der Waals surface area contributed by atoms with Crippen molar-refractivity contribution in [3.8, 4) is 0 Å². The maximum Gasteiger partial charge on any atom is 0.229 e. The van der Waals surface area contributed by atoms with Crippen molar-refractivity contribution in [3.63, 3.8) is 0 Å². The number of ketones is 1. The van der Waals surface area contributed by atoms with Gasteiger partial charge in [-0.1, -0.05) is 12.1 Å². The van der Waals surface area contributed by atoms with E-state index in [9.17, 15) is 13.6 Å². The van der Waals surface area contributed by atoms with Crippen molar-refractivity contribution in [1.29, 1.82) is 0 Å². The van der Waals surface area contributed by atoms with Crippen LogP contribution in [-0.2, 0) is 0 Å². The van der Waals surface area contributed by atoms with Gasteiger partial charge in [0.2, 0.25) is 5.95 Å². The summed E-state index contributed by atoms with van der Waals surface area (Å²) in [5, 5.41) is 5.43. The van der Waals surface area contributed by atoms with E-state index in [1.165, 1.54) is 0 Å². The third kappa shape index (κ3) is 3.08. The number of rotatable bonds is 3. The fraction of sp³-hybridized carbons (Fsp3) is 0.273. The molecule has 152 valence electrons. The number of hydrogen-bond donors (Lipinski definition) is 0. The Kier molecular flexibility index (Phi) is 4.42. The van der Waals surface area contributed by atoms with Gasteiger partial charge in [0, 0.05) is 24.4 Å². The zero-order valence-corrected chi connectivity index (χ0v) is 16.3. The Balaban J connectivity index is 1.43. The predicted octanol–water partition coefficient (Wildman–Crippen LogP) is 3.96. The van der Waals surface area contributed by atoms with Gasteiger partial charge >= 0.3 is 0 Å².